The molecular formula is C14H11N3O2S2. The van der Waals surface area contributed by atoms with Crippen LogP contribution in [-0.2, 0) is 6.54 Å². The molecule has 0 unspecified atom stereocenters. The molecule has 0 saturated heterocycles. The van der Waals surface area contributed by atoms with E-state index in [9.17, 15) is 0 Å². The summed E-state index contributed by atoms with van der Waals surface area (Å²) >= 11 is 3.31. The molecule has 0 aliphatic rings. The number of rotatable bonds is 3. The minimum Gasteiger partial charge on any atom is -0.417 e. The number of thiophene rings is 1. The van der Waals surface area contributed by atoms with E-state index >= 15 is 0 Å². The number of benzene rings is 1. The van der Waals surface area contributed by atoms with Gasteiger partial charge in [-0.2, -0.15) is 4.98 Å². The molecule has 0 bridgehead atoms. The predicted octanol–water partition coefficient (Wildman–Crippen LogP) is 4.06. The van der Waals surface area contributed by atoms with Crippen LogP contribution in [0.2, 0.25) is 0 Å². The summed E-state index contributed by atoms with van der Waals surface area (Å²) < 4.78 is 13.3. The number of thiazole rings is 1. The number of nitrogens with zero attached hydrogens (tertiary/aromatic N) is 2. The van der Waals surface area contributed by atoms with E-state index in [1.165, 1.54) is 6.26 Å². The maximum absolute atomic E-state index is 5.80. The summed E-state index contributed by atoms with van der Waals surface area (Å²) in [6.07, 6.45) is 1.72. The third-order valence-electron chi connectivity index (χ3n) is 3.11. The summed E-state index contributed by atoms with van der Waals surface area (Å²) in [5.74, 6) is 0.729. The molecule has 7 heteroatoms. The number of aromatic nitrogens is 2. The van der Waals surface area contributed by atoms with Crippen LogP contribution in [0.1, 0.15) is 10.7 Å². The first-order chi connectivity index (χ1) is 10.2. The van der Waals surface area contributed by atoms with Gasteiger partial charge >= 0.3 is 6.08 Å². The topological polar surface area (TPSA) is 74.2 Å². The second-order valence-corrected chi connectivity index (χ2v) is 6.68. The Hall–Kier alpha value is -1.96. The largest absolute Gasteiger partial charge is 0.417 e. The molecule has 0 fully saturated rings. The lowest BCUT2D eigenvalue weighted by Crippen LogP contribution is -1.95. The number of aryl methyl sites for hydroxylation is 1. The van der Waals surface area contributed by atoms with Crippen molar-refractivity contribution in [3.8, 4) is 11.8 Å². The Kier molecular flexibility index (Phi) is 2.91. The maximum atomic E-state index is 5.80. The van der Waals surface area contributed by atoms with Crippen LogP contribution in [0.4, 0.5) is 0 Å². The minimum absolute atomic E-state index is 0.212. The maximum Gasteiger partial charge on any atom is 0.399 e. The van der Waals surface area contributed by atoms with E-state index in [1.54, 1.807) is 22.7 Å². The van der Waals surface area contributed by atoms with Crippen molar-refractivity contribution in [3.05, 3.63) is 34.5 Å². The molecule has 0 aliphatic heterocycles. The molecule has 106 valence electrons. The summed E-state index contributed by atoms with van der Waals surface area (Å²) in [6, 6.07) is 4.01. The molecular weight excluding hydrogens is 306 g/mol. The summed E-state index contributed by atoms with van der Waals surface area (Å²) in [4.78, 5) is 8.77. The first kappa shape index (κ1) is 12.8. The normalized spacial score (nSPS) is 11.5. The van der Waals surface area contributed by atoms with Gasteiger partial charge < -0.3 is 14.9 Å². The lowest BCUT2D eigenvalue weighted by molar-refractivity contribution is 0.334. The van der Waals surface area contributed by atoms with Crippen molar-refractivity contribution in [3.63, 3.8) is 0 Å². The number of nitrogens with two attached hydrogens (primary N) is 1. The second-order valence-electron chi connectivity index (χ2n) is 4.53. The van der Waals surface area contributed by atoms with E-state index < -0.39 is 0 Å². The standard InChI is InChI=1S/C14H11N3O2S2/c1-7-16-12-11(21-7)4-10(9-2-3-20-13(9)12)19-14-17-8(5-15)6-18-14/h2-4,6H,5,15H2,1H3. The highest BCUT2D eigenvalue weighted by Crippen LogP contribution is 2.40. The molecule has 3 heterocycles. The van der Waals surface area contributed by atoms with Crippen LogP contribution in [0.3, 0.4) is 0 Å². The number of hydrogen-bond acceptors (Lipinski definition) is 7. The Labute approximate surface area is 128 Å². The predicted molar refractivity (Wildman–Crippen MR) is 84.2 cm³/mol. The molecule has 0 saturated carbocycles. The van der Waals surface area contributed by atoms with Crippen LogP contribution in [-0.4, -0.2) is 9.97 Å². The van der Waals surface area contributed by atoms with Gasteiger partial charge in [0.1, 0.15) is 12.0 Å². The molecule has 1 aromatic carbocycles. The average Bonchev–Trinajstić information content (AvgIpc) is 3.16. The van der Waals surface area contributed by atoms with Gasteiger partial charge in [-0.1, -0.05) is 0 Å². The summed E-state index contributed by atoms with van der Waals surface area (Å²) in [6.45, 7) is 2.33. The number of hydrogen-bond donors (Lipinski definition) is 1. The number of ether oxygens (including phenoxy) is 1. The van der Waals surface area contributed by atoms with Gasteiger partial charge in [-0.3, -0.25) is 0 Å². The van der Waals surface area contributed by atoms with Gasteiger partial charge in [0.2, 0.25) is 0 Å². The molecule has 0 amide bonds. The van der Waals surface area contributed by atoms with E-state index in [-0.39, 0.29) is 6.08 Å². The molecule has 21 heavy (non-hydrogen) atoms. The molecule has 3 aromatic heterocycles. The number of fused-ring (bicyclic) bond motifs is 3. The van der Waals surface area contributed by atoms with Crippen LogP contribution < -0.4 is 10.5 Å². The van der Waals surface area contributed by atoms with Crippen molar-refractivity contribution in [1.82, 2.24) is 9.97 Å². The quantitative estimate of drug-likeness (QED) is 0.617. The molecule has 0 spiro atoms. The van der Waals surface area contributed by atoms with Gasteiger partial charge in [0.25, 0.3) is 0 Å². The van der Waals surface area contributed by atoms with Crippen molar-refractivity contribution in [2.75, 3.05) is 0 Å². The Bertz CT molecular complexity index is 938. The zero-order valence-electron chi connectivity index (χ0n) is 11.1. The zero-order valence-corrected chi connectivity index (χ0v) is 12.8. The molecule has 0 atom stereocenters. The summed E-state index contributed by atoms with van der Waals surface area (Å²) in [5.41, 5.74) is 7.22. The molecule has 4 aromatic rings. The summed E-state index contributed by atoms with van der Waals surface area (Å²) in [5, 5.41) is 4.09. The van der Waals surface area contributed by atoms with Crippen LogP contribution in [0.25, 0.3) is 20.3 Å². The SMILES string of the molecule is Cc1nc2c(cc(Oc3nc(CN)co3)c3ccsc32)s1. The Morgan fingerprint density at radius 1 is 1.38 bits per heavy atom. The first-order valence-electron chi connectivity index (χ1n) is 6.34. The highest BCUT2D eigenvalue weighted by Gasteiger charge is 2.14. The summed E-state index contributed by atoms with van der Waals surface area (Å²) in [7, 11) is 0. The van der Waals surface area contributed by atoms with E-state index in [0.717, 1.165) is 31.1 Å². The van der Waals surface area contributed by atoms with Gasteiger partial charge in [-0.15, -0.1) is 22.7 Å². The van der Waals surface area contributed by atoms with Gasteiger partial charge in [-0.25, -0.2) is 4.98 Å². The van der Waals surface area contributed by atoms with Gasteiger partial charge in [0.15, 0.2) is 0 Å². The van der Waals surface area contributed by atoms with Gasteiger partial charge in [0.05, 0.1) is 25.6 Å². The molecule has 2 N–H and O–H groups in total. The fourth-order valence-electron chi connectivity index (χ4n) is 2.19. The zero-order chi connectivity index (χ0) is 14.4. The highest BCUT2D eigenvalue weighted by molar-refractivity contribution is 7.21. The highest BCUT2D eigenvalue weighted by atomic mass is 32.1. The van der Waals surface area contributed by atoms with Crippen molar-refractivity contribution in [2.45, 2.75) is 13.5 Å². The van der Waals surface area contributed by atoms with Crippen molar-refractivity contribution >= 4 is 43.0 Å². The van der Waals surface area contributed by atoms with Crippen LogP contribution in [0.15, 0.2) is 28.2 Å². The Balaban J connectivity index is 1.87. The molecule has 5 nitrogen and oxygen atoms in total. The lowest BCUT2D eigenvalue weighted by atomic mass is 10.2. The smallest absolute Gasteiger partial charge is 0.399 e. The van der Waals surface area contributed by atoms with E-state index in [0.29, 0.717) is 12.2 Å². The number of oxazole rings is 1. The van der Waals surface area contributed by atoms with Crippen molar-refractivity contribution in [2.24, 2.45) is 5.73 Å². The van der Waals surface area contributed by atoms with E-state index in [1.807, 2.05) is 24.4 Å². The van der Waals surface area contributed by atoms with Crippen molar-refractivity contribution < 1.29 is 9.15 Å². The third-order valence-corrected chi connectivity index (χ3v) is 4.94. The third kappa shape index (κ3) is 2.10. The molecule has 0 aliphatic carbocycles. The lowest BCUT2D eigenvalue weighted by Gasteiger charge is -2.03. The Morgan fingerprint density at radius 2 is 2.29 bits per heavy atom. The van der Waals surface area contributed by atoms with E-state index in [4.69, 9.17) is 14.9 Å². The second kappa shape index (κ2) is 4.80. The van der Waals surface area contributed by atoms with Gasteiger partial charge in [0, 0.05) is 18.0 Å². The molecule has 0 radical (unpaired) electrons. The fraction of sp³-hybridized carbons (Fsp3) is 0.143. The fourth-order valence-corrected chi connectivity index (χ4v) is 4.03. The first-order valence-corrected chi connectivity index (χ1v) is 8.04. The van der Waals surface area contributed by atoms with Gasteiger partial charge in [-0.05, 0) is 18.4 Å². The monoisotopic (exact) mass is 317 g/mol. The van der Waals surface area contributed by atoms with Crippen LogP contribution in [0.5, 0.6) is 11.8 Å². The Morgan fingerprint density at radius 3 is 3.10 bits per heavy atom. The van der Waals surface area contributed by atoms with E-state index in [2.05, 4.69) is 9.97 Å². The minimum atomic E-state index is 0.212. The van der Waals surface area contributed by atoms with Crippen molar-refractivity contribution in [1.29, 1.82) is 0 Å². The average molecular weight is 317 g/mol. The van der Waals surface area contributed by atoms with Crippen LogP contribution in [0, 0.1) is 6.92 Å². The molecule has 4 rings (SSSR count). The van der Waals surface area contributed by atoms with Crippen LogP contribution >= 0.6 is 22.7 Å².